The Morgan fingerprint density at radius 1 is 0.608 bits per heavy atom. The van der Waals surface area contributed by atoms with Crippen LogP contribution in [0.4, 0.5) is 0 Å². The quantitative estimate of drug-likeness (QED) is 0.0212. The number of nitrogens with two attached hydrogens (primary N) is 1. The summed E-state index contributed by atoms with van der Waals surface area (Å²) in [5.41, 5.74) is 5.33. The zero-order valence-electron chi connectivity index (χ0n) is 32.1. The molecule has 2 atom stereocenters. The van der Waals surface area contributed by atoms with Crippen molar-refractivity contribution in [1.82, 2.24) is 0 Å². The topological polar surface area (TPSA) is 134 Å². The molecule has 10 heteroatoms. The van der Waals surface area contributed by atoms with Crippen molar-refractivity contribution in [1.29, 1.82) is 0 Å². The molecular weight excluding hydrogens is 665 g/mol. The van der Waals surface area contributed by atoms with Crippen LogP contribution in [0.2, 0.25) is 0 Å². The molecule has 0 aromatic carbocycles. The van der Waals surface area contributed by atoms with Crippen LogP contribution in [-0.2, 0) is 32.7 Å². The van der Waals surface area contributed by atoms with E-state index in [4.69, 9.17) is 24.3 Å². The highest BCUT2D eigenvalue weighted by Crippen LogP contribution is 2.43. The Hall–Kier alpha value is -2.29. The van der Waals surface area contributed by atoms with E-state index in [1.165, 1.54) is 44.9 Å². The molecule has 1 unspecified atom stereocenters. The third kappa shape index (κ3) is 37.3. The molecule has 0 rings (SSSR count). The minimum atomic E-state index is -4.38. The number of carbonyl (C=O) groups excluding carboxylic acids is 2. The number of unbranched alkanes of at least 4 members (excludes halogenated alkanes) is 16. The number of esters is 2. The Kier molecular flexibility index (Phi) is 35.8. The van der Waals surface area contributed by atoms with E-state index in [1.807, 2.05) is 30.4 Å². The van der Waals surface area contributed by atoms with Crippen molar-refractivity contribution in [2.75, 3.05) is 26.4 Å². The average Bonchev–Trinajstić information content (AvgIpc) is 3.11. The normalized spacial score (nSPS) is 14.0. The van der Waals surface area contributed by atoms with Gasteiger partial charge in [-0.2, -0.15) is 0 Å². The first-order valence-electron chi connectivity index (χ1n) is 19.8. The molecule has 0 radical (unpaired) electrons. The molecule has 0 heterocycles. The van der Waals surface area contributed by atoms with Crippen molar-refractivity contribution >= 4 is 19.8 Å². The lowest BCUT2D eigenvalue weighted by atomic mass is 10.1. The molecular formula is C41H72NO8P. The van der Waals surface area contributed by atoms with Gasteiger partial charge in [0.2, 0.25) is 0 Å². The predicted molar refractivity (Wildman–Crippen MR) is 210 cm³/mol. The number of ether oxygens (including phenoxy) is 2. The molecule has 0 fully saturated rings. The van der Waals surface area contributed by atoms with Gasteiger partial charge >= 0.3 is 19.8 Å². The van der Waals surface area contributed by atoms with Gasteiger partial charge in [-0.15, -0.1) is 0 Å². The molecule has 0 aliphatic heterocycles. The third-order valence-electron chi connectivity index (χ3n) is 7.98. The SMILES string of the molecule is CC/C=C/C=C/C=C/C=C/CCCCCCCC(=O)OC[C@H](COP(=O)(O)OCCN)OC(=O)CCCCCCC/C=C/CCCCCCCC. The Morgan fingerprint density at radius 3 is 1.67 bits per heavy atom. The molecule has 51 heavy (non-hydrogen) atoms. The van der Waals surface area contributed by atoms with Gasteiger partial charge in [0, 0.05) is 19.4 Å². The van der Waals surface area contributed by atoms with Crippen molar-refractivity contribution in [3.05, 3.63) is 60.8 Å². The third-order valence-corrected chi connectivity index (χ3v) is 8.97. The zero-order valence-corrected chi connectivity index (χ0v) is 33.0. The average molecular weight is 738 g/mol. The number of rotatable bonds is 36. The highest BCUT2D eigenvalue weighted by atomic mass is 31.2. The molecule has 0 aliphatic rings. The van der Waals surface area contributed by atoms with Crippen LogP contribution in [0, 0.1) is 0 Å². The number of phosphoric acid groups is 1. The van der Waals surface area contributed by atoms with E-state index in [0.29, 0.717) is 12.8 Å². The van der Waals surface area contributed by atoms with Gasteiger partial charge in [0.15, 0.2) is 6.10 Å². The second kappa shape index (κ2) is 37.5. The van der Waals surface area contributed by atoms with Crippen molar-refractivity contribution in [3.63, 3.8) is 0 Å². The number of hydrogen-bond donors (Lipinski definition) is 2. The maximum atomic E-state index is 12.5. The Bertz CT molecular complexity index is 1020. The van der Waals surface area contributed by atoms with Crippen molar-refractivity contribution in [2.45, 2.75) is 161 Å². The van der Waals surface area contributed by atoms with Gasteiger partial charge in [-0.05, 0) is 57.8 Å². The van der Waals surface area contributed by atoms with Crippen LogP contribution in [0.1, 0.15) is 155 Å². The van der Waals surface area contributed by atoms with E-state index in [-0.39, 0.29) is 32.6 Å². The lowest BCUT2D eigenvalue weighted by Gasteiger charge is -2.19. The van der Waals surface area contributed by atoms with Gasteiger partial charge in [-0.1, -0.05) is 145 Å². The largest absolute Gasteiger partial charge is 0.472 e. The number of hydrogen-bond acceptors (Lipinski definition) is 8. The molecule has 0 aliphatic carbocycles. The maximum Gasteiger partial charge on any atom is 0.472 e. The Balaban J connectivity index is 4.27. The van der Waals surface area contributed by atoms with Crippen molar-refractivity contribution in [2.24, 2.45) is 5.73 Å². The minimum Gasteiger partial charge on any atom is -0.462 e. The van der Waals surface area contributed by atoms with E-state index in [9.17, 15) is 19.0 Å². The molecule has 0 aromatic heterocycles. The Morgan fingerprint density at radius 2 is 1.10 bits per heavy atom. The maximum absolute atomic E-state index is 12.5. The second-order valence-corrected chi connectivity index (χ2v) is 14.3. The van der Waals surface area contributed by atoms with Gasteiger partial charge in [-0.3, -0.25) is 18.6 Å². The molecule has 0 amide bonds. The zero-order chi connectivity index (χ0) is 37.5. The van der Waals surface area contributed by atoms with Gasteiger partial charge in [0.05, 0.1) is 13.2 Å². The lowest BCUT2D eigenvalue weighted by Crippen LogP contribution is -2.29. The number of allylic oxidation sites excluding steroid dienone is 10. The summed E-state index contributed by atoms with van der Waals surface area (Å²) in [7, 11) is -4.38. The van der Waals surface area contributed by atoms with Crippen LogP contribution < -0.4 is 5.73 Å². The molecule has 0 saturated carbocycles. The molecule has 0 saturated heterocycles. The fourth-order valence-corrected chi connectivity index (χ4v) is 5.81. The molecule has 0 aromatic rings. The van der Waals surface area contributed by atoms with E-state index in [2.05, 4.69) is 44.2 Å². The summed E-state index contributed by atoms with van der Waals surface area (Å²) in [6, 6.07) is 0. The van der Waals surface area contributed by atoms with E-state index >= 15 is 0 Å². The van der Waals surface area contributed by atoms with Crippen molar-refractivity contribution < 1.29 is 37.6 Å². The summed E-state index contributed by atoms with van der Waals surface area (Å²) in [6.07, 6.45) is 42.5. The molecule has 294 valence electrons. The lowest BCUT2D eigenvalue weighted by molar-refractivity contribution is -0.161. The minimum absolute atomic E-state index is 0.0458. The summed E-state index contributed by atoms with van der Waals surface area (Å²) < 4.78 is 32.7. The van der Waals surface area contributed by atoms with Crippen LogP contribution in [0.25, 0.3) is 0 Å². The first-order valence-corrected chi connectivity index (χ1v) is 21.3. The van der Waals surface area contributed by atoms with Crippen LogP contribution >= 0.6 is 7.82 Å². The van der Waals surface area contributed by atoms with E-state index in [1.54, 1.807) is 0 Å². The predicted octanol–water partition coefficient (Wildman–Crippen LogP) is 10.9. The van der Waals surface area contributed by atoms with Gasteiger partial charge in [0.1, 0.15) is 6.61 Å². The highest BCUT2D eigenvalue weighted by Gasteiger charge is 2.25. The molecule has 0 bridgehead atoms. The standard InChI is InChI=1S/C41H72NO8P/c1-3-5-7-9-11-13-15-17-19-21-23-25-27-29-31-33-40(43)47-37-39(38-49-51(45,46)48-36-35-42)50-41(44)34-32-30-28-26-24-22-20-18-16-14-12-10-8-6-4-2/h5,7,9,11,13,15,17-20,39H,3-4,6,8,10,12,14,16,21-38,42H2,1-2H3,(H,45,46)/b7-5+,11-9+,15-13+,19-17+,20-18+/t39-/m1/s1. The smallest absolute Gasteiger partial charge is 0.462 e. The summed E-state index contributed by atoms with van der Waals surface area (Å²) in [4.78, 5) is 34.8. The molecule has 9 nitrogen and oxygen atoms in total. The van der Waals surface area contributed by atoms with Crippen LogP contribution in [0.15, 0.2) is 60.8 Å². The van der Waals surface area contributed by atoms with Gasteiger partial charge < -0.3 is 20.1 Å². The summed E-state index contributed by atoms with van der Waals surface area (Å²) in [5.74, 6) is -0.871. The summed E-state index contributed by atoms with van der Waals surface area (Å²) >= 11 is 0. The number of phosphoric ester groups is 1. The molecule has 0 spiro atoms. The summed E-state index contributed by atoms with van der Waals surface area (Å²) in [5, 5.41) is 0. The monoisotopic (exact) mass is 737 g/mol. The van der Waals surface area contributed by atoms with Crippen LogP contribution in [0.5, 0.6) is 0 Å². The van der Waals surface area contributed by atoms with Gasteiger partial charge in [0.25, 0.3) is 0 Å². The summed E-state index contributed by atoms with van der Waals surface area (Å²) in [6.45, 7) is 3.53. The molecule has 3 N–H and O–H groups in total. The number of carbonyl (C=O) groups is 2. The first-order chi connectivity index (χ1) is 24.8. The van der Waals surface area contributed by atoms with E-state index < -0.39 is 32.5 Å². The van der Waals surface area contributed by atoms with Crippen LogP contribution in [-0.4, -0.2) is 49.3 Å². The van der Waals surface area contributed by atoms with Crippen LogP contribution in [0.3, 0.4) is 0 Å². The first kappa shape index (κ1) is 48.7. The fourth-order valence-electron chi connectivity index (χ4n) is 5.05. The van der Waals surface area contributed by atoms with E-state index in [0.717, 1.165) is 70.6 Å². The Labute approximate surface area is 310 Å². The fraction of sp³-hybridized carbons (Fsp3) is 0.707. The van der Waals surface area contributed by atoms with Gasteiger partial charge in [-0.25, -0.2) is 4.57 Å². The highest BCUT2D eigenvalue weighted by molar-refractivity contribution is 7.47. The van der Waals surface area contributed by atoms with Crippen molar-refractivity contribution in [3.8, 4) is 0 Å². The second-order valence-electron chi connectivity index (χ2n) is 12.9.